The van der Waals surface area contributed by atoms with Gasteiger partial charge in [0.1, 0.15) is 11.8 Å². The van der Waals surface area contributed by atoms with Crippen molar-refractivity contribution in [1.82, 2.24) is 9.97 Å². The summed E-state index contributed by atoms with van der Waals surface area (Å²) in [4.78, 5) is 10.9. The van der Waals surface area contributed by atoms with Gasteiger partial charge in [0.05, 0.1) is 10.4 Å². The van der Waals surface area contributed by atoms with E-state index in [1.54, 1.807) is 29.4 Å². The highest BCUT2D eigenvalue weighted by molar-refractivity contribution is 7.98. The van der Waals surface area contributed by atoms with Crippen LogP contribution in [0, 0.1) is 6.92 Å². The highest BCUT2D eigenvalue weighted by Crippen LogP contribution is 2.35. The predicted octanol–water partition coefficient (Wildman–Crippen LogP) is 4.47. The lowest BCUT2D eigenvalue weighted by atomic mass is 10.3. The van der Waals surface area contributed by atoms with Gasteiger partial charge in [-0.15, -0.1) is 23.1 Å². The Balaban J connectivity index is 1.98. The molecule has 0 fully saturated rings. The van der Waals surface area contributed by atoms with E-state index < -0.39 is 0 Å². The maximum Gasteiger partial charge on any atom is 0.116 e. The SMILES string of the molecule is CSc1ccc(Nc2c(C)sc3cncnc23)cc1. The van der Waals surface area contributed by atoms with Crippen LogP contribution < -0.4 is 5.32 Å². The van der Waals surface area contributed by atoms with Crippen LogP contribution in [0.4, 0.5) is 11.4 Å². The van der Waals surface area contributed by atoms with E-state index in [-0.39, 0.29) is 0 Å². The van der Waals surface area contributed by atoms with Crippen molar-refractivity contribution < 1.29 is 0 Å². The van der Waals surface area contributed by atoms with Crippen molar-refractivity contribution in [2.75, 3.05) is 11.6 Å². The second kappa shape index (κ2) is 5.19. The maximum atomic E-state index is 4.36. The fourth-order valence-electron chi connectivity index (χ4n) is 1.93. The fraction of sp³-hybridized carbons (Fsp3) is 0.143. The largest absolute Gasteiger partial charge is 0.353 e. The molecule has 1 aromatic carbocycles. The molecule has 0 bridgehead atoms. The van der Waals surface area contributed by atoms with Crippen LogP contribution in [-0.4, -0.2) is 16.2 Å². The zero-order chi connectivity index (χ0) is 13.2. The van der Waals surface area contributed by atoms with Gasteiger partial charge in [0.15, 0.2) is 0 Å². The monoisotopic (exact) mass is 287 g/mol. The average molecular weight is 287 g/mol. The number of nitrogens with one attached hydrogen (secondary N) is 1. The number of rotatable bonds is 3. The van der Waals surface area contributed by atoms with Gasteiger partial charge in [-0.25, -0.2) is 9.97 Å². The maximum absolute atomic E-state index is 4.36. The Morgan fingerprint density at radius 3 is 2.74 bits per heavy atom. The number of aryl methyl sites for hydroxylation is 1. The van der Waals surface area contributed by atoms with Crippen molar-refractivity contribution in [2.45, 2.75) is 11.8 Å². The van der Waals surface area contributed by atoms with Crippen molar-refractivity contribution in [2.24, 2.45) is 0 Å². The number of benzene rings is 1. The second-order valence-electron chi connectivity index (χ2n) is 4.12. The van der Waals surface area contributed by atoms with Gasteiger partial charge in [0, 0.05) is 21.7 Å². The van der Waals surface area contributed by atoms with E-state index in [2.05, 4.69) is 52.7 Å². The fourth-order valence-corrected chi connectivity index (χ4v) is 3.28. The molecule has 0 unspecified atom stereocenters. The molecule has 3 nitrogen and oxygen atoms in total. The van der Waals surface area contributed by atoms with E-state index in [0.29, 0.717) is 0 Å². The summed E-state index contributed by atoms with van der Waals surface area (Å²) >= 11 is 3.46. The molecule has 0 aliphatic carbocycles. The number of hydrogen-bond donors (Lipinski definition) is 1. The molecule has 2 aromatic heterocycles. The summed E-state index contributed by atoms with van der Waals surface area (Å²) in [6.07, 6.45) is 5.54. The molecule has 0 saturated carbocycles. The number of fused-ring (bicyclic) bond motifs is 1. The van der Waals surface area contributed by atoms with Gasteiger partial charge in [-0.05, 0) is 37.4 Å². The zero-order valence-electron chi connectivity index (χ0n) is 10.7. The molecule has 1 N–H and O–H groups in total. The molecule has 0 aliphatic rings. The highest BCUT2D eigenvalue weighted by Gasteiger charge is 2.10. The van der Waals surface area contributed by atoms with Crippen LogP contribution in [0.5, 0.6) is 0 Å². The molecule has 5 heteroatoms. The zero-order valence-corrected chi connectivity index (χ0v) is 12.3. The van der Waals surface area contributed by atoms with Gasteiger partial charge in [-0.1, -0.05) is 0 Å². The molecule has 0 saturated heterocycles. The van der Waals surface area contributed by atoms with Crippen LogP contribution >= 0.6 is 23.1 Å². The molecule has 0 aliphatic heterocycles. The summed E-state index contributed by atoms with van der Waals surface area (Å²) in [5.41, 5.74) is 3.16. The number of thioether (sulfide) groups is 1. The van der Waals surface area contributed by atoms with E-state index in [0.717, 1.165) is 21.6 Å². The van der Waals surface area contributed by atoms with Gasteiger partial charge in [-0.3, -0.25) is 0 Å². The van der Waals surface area contributed by atoms with Crippen LogP contribution in [0.1, 0.15) is 4.88 Å². The molecule has 3 aromatic rings. The summed E-state index contributed by atoms with van der Waals surface area (Å²) in [5.74, 6) is 0. The summed E-state index contributed by atoms with van der Waals surface area (Å²) in [6, 6.07) is 8.42. The van der Waals surface area contributed by atoms with E-state index in [4.69, 9.17) is 0 Å². The van der Waals surface area contributed by atoms with E-state index >= 15 is 0 Å². The second-order valence-corrected chi connectivity index (χ2v) is 6.26. The van der Waals surface area contributed by atoms with Gasteiger partial charge in [0.2, 0.25) is 0 Å². The Kier molecular flexibility index (Phi) is 3.40. The van der Waals surface area contributed by atoms with E-state index in [9.17, 15) is 0 Å². The normalized spacial score (nSPS) is 10.8. The Morgan fingerprint density at radius 1 is 1.21 bits per heavy atom. The van der Waals surface area contributed by atoms with Crippen molar-refractivity contribution >= 4 is 44.7 Å². The van der Waals surface area contributed by atoms with Gasteiger partial charge >= 0.3 is 0 Å². The summed E-state index contributed by atoms with van der Waals surface area (Å²) < 4.78 is 1.11. The Hall–Kier alpha value is -1.59. The minimum Gasteiger partial charge on any atom is -0.353 e. The Bertz CT molecular complexity index is 704. The van der Waals surface area contributed by atoms with Crippen LogP contribution in [0.3, 0.4) is 0 Å². The quantitative estimate of drug-likeness (QED) is 0.721. The lowest BCUT2D eigenvalue weighted by Crippen LogP contribution is -1.91. The van der Waals surface area contributed by atoms with Gasteiger partial charge in [-0.2, -0.15) is 0 Å². The first kappa shape index (κ1) is 12.4. The van der Waals surface area contributed by atoms with Crippen LogP contribution in [-0.2, 0) is 0 Å². The molecule has 2 heterocycles. The van der Waals surface area contributed by atoms with E-state index in [1.807, 2.05) is 6.20 Å². The number of aromatic nitrogens is 2. The molecule has 3 rings (SSSR count). The third kappa shape index (κ3) is 2.43. The molecule has 0 atom stereocenters. The first-order valence-corrected chi connectivity index (χ1v) is 7.92. The Morgan fingerprint density at radius 2 is 2.00 bits per heavy atom. The van der Waals surface area contributed by atoms with Crippen LogP contribution in [0.15, 0.2) is 41.7 Å². The lowest BCUT2D eigenvalue weighted by Gasteiger charge is -2.06. The minimum absolute atomic E-state index is 0.992. The first-order valence-electron chi connectivity index (χ1n) is 5.88. The number of anilines is 2. The molecule has 0 radical (unpaired) electrons. The lowest BCUT2D eigenvalue weighted by molar-refractivity contribution is 1.23. The standard InChI is InChI=1S/C14H13N3S2/c1-9-13(14-12(19-9)7-15-8-16-14)17-10-3-5-11(18-2)6-4-10/h3-8,17H,1-2H3. The highest BCUT2D eigenvalue weighted by atomic mass is 32.2. The number of hydrogen-bond acceptors (Lipinski definition) is 5. The molecule has 0 spiro atoms. The molecule has 96 valence electrons. The third-order valence-corrected chi connectivity index (χ3v) is 4.66. The smallest absolute Gasteiger partial charge is 0.116 e. The third-order valence-electron chi connectivity index (χ3n) is 2.89. The molecule has 0 amide bonds. The molecular weight excluding hydrogens is 274 g/mol. The average Bonchev–Trinajstić information content (AvgIpc) is 2.76. The van der Waals surface area contributed by atoms with Crippen molar-refractivity contribution in [3.8, 4) is 0 Å². The summed E-state index contributed by atoms with van der Waals surface area (Å²) in [7, 11) is 0. The molecule has 19 heavy (non-hydrogen) atoms. The topological polar surface area (TPSA) is 37.8 Å². The first-order chi connectivity index (χ1) is 9.28. The van der Waals surface area contributed by atoms with Crippen LogP contribution in [0.2, 0.25) is 0 Å². The summed E-state index contributed by atoms with van der Waals surface area (Å²) in [5, 5.41) is 3.46. The summed E-state index contributed by atoms with van der Waals surface area (Å²) in [6.45, 7) is 2.10. The van der Waals surface area contributed by atoms with Crippen molar-refractivity contribution in [3.63, 3.8) is 0 Å². The number of thiophene rings is 1. The number of nitrogens with zero attached hydrogens (tertiary/aromatic N) is 2. The van der Waals surface area contributed by atoms with Gasteiger partial charge in [0.25, 0.3) is 0 Å². The molecular formula is C14H13N3S2. The minimum atomic E-state index is 0.992. The van der Waals surface area contributed by atoms with Crippen LogP contribution in [0.25, 0.3) is 10.2 Å². The van der Waals surface area contributed by atoms with Gasteiger partial charge < -0.3 is 5.32 Å². The van der Waals surface area contributed by atoms with Crippen molar-refractivity contribution in [1.29, 1.82) is 0 Å². The van der Waals surface area contributed by atoms with Crippen molar-refractivity contribution in [3.05, 3.63) is 41.7 Å². The van der Waals surface area contributed by atoms with E-state index in [1.165, 1.54) is 9.77 Å². The Labute approximate surface area is 120 Å². The predicted molar refractivity (Wildman–Crippen MR) is 83.7 cm³/mol.